The molecule has 5 unspecified atom stereocenters. The van der Waals surface area contributed by atoms with E-state index in [-0.39, 0.29) is 0 Å². The van der Waals surface area contributed by atoms with Crippen LogP contribution in [0.4, 0.5) is 0 Å². The van der Waals surface area contributed by atoms with E-state index in [0.29, 0.717) is 5.38 Å². The standard InChI is InChI=1S/C19H23Cl/c20-19(18-16-13-6-7-14(10-13)17(16)18)15-8-5-11-3-1-2-4-12(11)9-15/h5,8-9,13-14,16-19H,1-4,6-7,10H2. The normalized spacial score (nSPS) is 42.1. The summed E-state index contributed by atoms with van der Waals surface area (Å²) in [4.78, 5) is 0. The Labute approximate surface area is 126 Å². The van der Waals surface area contributed by atoms with E-state index >= 15 is 0 Å². The summed E-state index contributed by atoms with van der Waals surface area (Å²) >= 11 is 6.91. The second kappa shape index (κ2) is 4.26. The molecule has 3 saturated carbocycles. The van der Waals surface area contributed by atoms with Gasteiger partial charge in [-0.2, -0.15) is 0 Å². The first-order valence-electron chi connectivity index (χ1n) is 8.59. The maximum atomic E-state index is 6.91. The molecular formula is C19H23Cl. The molecule has 0 nitrogen and oxygen atoms in total. The Morgan fingerprint density at radius 2 is 1.65 bits per heavy atom. The lowest BCUT2D eigenvalue weighted by Gasteiger charge is -2.20. The summed E-state index contributed by atoms with van der Waals surface area (Å²) in [7, 11) is 0. The highest BCUT2D eigenvalue weighted by molar-refractivity contribution is 6.21. The van der Waals surface area contributed by atoms with Gasteiger partial charge in [-0.1, -0.05) is 18.2 Å². The maximum Gasteiger partial charge on any atom is 0.0619 e. The first-order chi connectivity index (χ1) is 9.83. The quantitative estimate of drug-likeness (QED) is 0.661. The van der Waals surface area contributed by atoms with Gasteiger partial charge in [0.2, 0.25) is 0 Å². The molecule has 1 aromatic rings. The average molecular weight is 287 g/mol. The van der Waals surface area contributed by atoms with Crippen LogP contribution < -0.4 is 0 Å². The van der Waals surface area contributed by atoms with Crippen molar-refractivity contribution >= 4 is 11.6 Å². The third-order valence-corrected chi connectivity index (χ3v) is 7.37. The monoisotopic (exact) mass is 286 g/mol. The molecule has 3 fully saturated rings. The number of aryl methyl sites for hydroxylation is 2. The number of rotatable bonds is 2. The van der Waals surface area contributed by atoms with E-state index in [2.05, 4.69) is 18.2 Å². The van der Waals surface area contributed by atoms with Crippen LogP contribution in [0, 0.1) is 29.6 Å². The van der Waals surface area contributed by atoms with Crippen molar-refractivity contribution in [1.82, 2.24) is 0 Å². The molecule has 0 saturated heterocycles. The molecule has 1 aromatic carbocycles. The maximum absolute atomic E-state index is 6.91. The molecule has 106 valence electrons. The van der Waals surface area contributed by atoms with Crippen molar-refractivity contribution in [3.8, 4) is 0 Å². The molecule has 5 atom stereocenters. The molecule has 0 aliphatic heterocycles. The Morgan fingerprint density at radius 1 is 0.950 bits per heavy atom. The summed E-state index contributed by atoms with van der Waals surface area (Å²) in [6, 6.07) is 7.14. The number of benzene rings is 1. The molecule has 1 heteroatoms. The van der Waals surface area contributed by atoms with E-state index in [1.165, 1.54) is 50.5 Å². The van der Waals surface area contributed by atoms with Crippen molar-refractivity contribution in [1.29, 1.82) is 0 Å². The minimum absolute atomic E-state index is 0.292. The molecule has 2 bridgehead atoms. The highest BCUT2D eigenvalue weighted by atomic mass is 35.5. The predicted octanol–water partition coefficient (Wildman–Crippen LogP) is 5.14. The molecule has 4 aliphatic carbocycles. The van der Waals surface area contributed by atoms with Crippen molar-refractivity contribution in [3.05, 3.63) is 34.9 Å². The van der Waals surface area contributed by atoms with Gasteiger partial charge in [0, 0.05) is 0 Å². The number of hydrogen-bond donors (Lipinski definition) is 0. The molecule has 0 N–H and O–H groups in total. The third-order valence-electron chi connectivity index (χ3n) is 6.82. The fourth-order valence-corrected chi connectivity index (χ4v) is 6.40. The van der Waals surface area contributed by atoms with Gasteiger partial charge in [0.25, 0.3) is 0 Å². The lowest BCUT2D eigenvalue weighted by molar-refractivity contribution is 0.455. The van der Waals surface area contributed by atoms with E-state index in [0.717, 1.165) is 29.6 Å². The van der Waals surface area contributed by atoms with Gasteiger partial charge in [-0.25, -0.2) is 0 Å². The molecule has 20 heavy (non-hydrogen) atoms. The van der Waals surface area contributed by atoms with Crippen LogP contribution in [0.25, 0.3) is 0 Å². The smallest absolute Gasteiger partial charge is 0.0619 e. The topological polar surface area (TPSA) is 0 Å². The average Bonchev–Trinajstić information content (AvgIpc) is 2.93. The van der Waals surface area contributed by atoms with E-state index in [9.17, 15) is 0 Å². The molecule has 0 amide bonds. The van der Waals surface area contributed by atoms with Gasteiger partial charge in [-0.05, 0) is 91.2 Å². The zero-order chi connectivity index (χ0) is 13.3. The first kappa shape index (κ1) is 12.1. The number of hydrogen-bond acceptors (Lipinski definition) is 0. The van der Waals surface area contributed by atoms with Gasteiger partial charge in [0.05, 0.1) is 5.38 Å². The Balaban J connectivity index is 1.41. The molecule has 0 spiro atoms. The second-order valence-electron chi connectivity index (χ2n) is 7.70. The summed E-state index contributed by atoms with van der Waals surface area (Å²) in [5.41, 5.74) is 4.60. The third kappa shape index (κ3) is 1.61. The van der Waals surface area contributed by atoms with Crippen LogP contribution in [0.15, 0.2) is 18.2 Å². The number of fused-ring (bicyclic) bond motifs is 6. The van der Waals surface area contributed by atoms with Gasteiger partial charge in [0.15, 0.2) is 0 Å². The molecule has 5 rings (SSSR count). The van der Waals surface area contributed by atoms with Crippen molar-refractivity contribution in [2.24, 2.45) is 29.6 Å². The molecule has 0 radical (unpaired) electrons. The van der Waals surface area contributed by atoms with E-state index in [1.54, 1.807) is 11.1 Å². The zero-order valence-corrected chi connectivity index (χ0v) is 12.8. The minimum atomic E-state index is 0.292. The Hall–Kier alpha value is -0.490. The Bertz CT molecular complexity index is 533. The lowest BCUT2D eigenvalue weighted by atomic mass is 9.88. The molecule has 4 aliphatic rings. The SMILES string of the molecule is ClC(c1ccc2c(c1)CCCC2)C1C2C3CCC(C3)C21. The zero-order valence-electron chi connectivity index (χ0n) is 12.0. The summed E-state index contributed by atoms with van der Waals surface area (Å²) in [5, 5.41) is 0.292. The van der Waals surface area contributed by atoms with Crippen LogP contribution in [-0.4, -0.2) is 0 Å². The summed E-state index contributed by atoms with van der Waals surface area (Å²) < 4.78 is 0. The van der Waals surface area contributed by atoms with E-state index in [1.807, 2.05) is 0 Å². The first-order valence-corrected chi connectivity index (χ1v) is 9.02. The van der Waals surface area contributed by atoms with E-state index in [4.69, 9.17) is 11.6 Å². The predicted molar refractivity (Wildman–Crippen MR) is 83.0 cm³/mol. The fraction of sp³-hybridized carbons (Fsp3) is 0.684. The lowest BCUT2D eigenvalue weighted by Crippen LogP contribution is -2.07. The molecule has 0 aromatic heterocycles. The van der Waals surface area contributed by atoms with Crippen molar-refractivity contribution in [2.75, 3.05) is 0 Å². The van der Waals surface area contributed by atoms with Gasteiger partial charge >= 0.3 is 0 Å². The van der Waals surface area contributed by atoms with Crippen LogP contribution in [0.2, 0.25) is 0 Å². The Kier molecular flexibility index (Phi) is 2.57. The van der Waals surface area contributed by atoms with Crippen LogP contribution in [0.1, 0.15) is 54.2 Å². The van der Waals surface area contributed by atoms with Crippen LogP contribution >= 0.6 is 11.6 Å². The summed E-state index contributed by atoms with van der Waals surface area (Å²) in [6.07, 6.45) is 9.80. The minimum Gasteiger partial charge on any atom is -0.117 e. The van der Waals surface area contributed by atoms with Crippen molar-refractivity contribution < 1.29 is 0 Å². The van der Waals surface area contributed by atoms with Gasteiger partial charge in [-0.15, -0.1) is 11.6 Å². The van der Waals surface area contributed by atoms with Crippen LogP contribution in [0.3, 0.4) is 0 Å². The van der Waals surface area contributed by atoms with Crippen LogP contribution in [-0.2, 0) is 12.8 Å². The molecular weight excluding hydrogens is 264 g/mol. The fourth-order valence-electron chi connectivity index (χ4n) is 5.93. The molecule has 0 heterocycles. The number of alkyl halides is 1. The second-order valence-corrected chi connectivity index (χ2v) is 8.17. The van der Waals surface area contributed by atoms with Crippen LogP contribution in [0.5, 0.6) is 0 Å². The highest BCUT2D eigenvalue weighted by Crippen LogP contribution is 2.73. The van der Waals surface area contributed by atoms with Crippen molar-refractivity contribution in [2.45, 2.75) is 50.3 Å². The summed E-state index contributed by atoms with van der Waals surface area (Å²) in [5.74, 6) is 4.87. The highest BCUT2D eigenvalue weighted by Gasteiger charge is 2.66. The Morgan fingerprint density at radius 3 is 2.40 bits per heavy atom. The van der Waals surface area contributed by atoms with Crippen molar-refractivity contribution in [3.63, 3.8) is 0 Å². The summed E-state index contributed by atoms with van der Waals surface area (Å²) in [6.45, 7) is 0. The van der Waals surface area contributed by atoms with Gasteiger partial charge in [-0.3, -0.25) is 0 Å². The van der Waals surface area contributed by atoms with Gasteiger partial charge in [0.1, 0.15) is 0 Å². The van der Waals surface area contributed by atoms with E-state index < -0.39 is 0 Å². The number of halogens is 1. The largest absolute Gasteiger partial charge is 0.117 e. The van der Waals surface area contributed by atoms with Gasteiger partial charge < -0.3 is 0 Å².